The average Bonchev–Trinajstić information content (AvgIpc) is 2.27. The van der Waals surface area contributed by atoms with Crippen molar-refractivity contribution in [3.05, 3.63) is 42.5 Å². The molecule has 0 aliphatic rings. The molecule has 1 aromatic rings. The Morgan fingerprint density at radius 2 is 2.38 bits per heavy atom. The minimum atomic E-state index is -1.26. The molecule has 0 radical (unpaired) electrons. The van der Waals surface area contributed by atoms with Crippen LogP contribution in [0.25, 0.3) is 0 Å². The third-order valence-corrected chi connectivity index (χ3v) is 2.34. The Labute approximate surface area is 94.3 Å². The molecule has 0 fully saturated rings. The van der Waals surface area contributed by atoms with Gasteiger partial charge in [-0.1, -0.05) is 18.2 Å². The van der Waals surface area contributed by atoms with Crippen molar-refractivity contribution in [3.63, 3.8) is 0 Å². The SMILES string of the molecule is C=CC(N)(Cc1cccc(O)c1)C(=O)OC. The zero-order valence-corrected chi connectivity index (χ0v) is 9.14. The Morgan fingerprint density at radius 1 is 1.69 bits per heavy atom. The Morgan fingerprint density at radius 3 is 2.88 bits per heavy atom. The van der Waals surface area contributed by atoms with E-state index >= 15 is 0 Å². The van der Waals surface area contributed by atoms with E-state index in [0.717, 1.165) is 5.56 Å². The molecule has 86 valence electrons. The van der Waals surface area contributed by atoms with E-state index in [4.69, 9.17) is 5.73 Å². The van der Waals surface area contributed by atoms with E-state index < -0.39 is 11.5 Å². The molecule has 1 rings (SSSR count). The number of aromatic hydroxyl groups is 1. The van der Waals surface area contributed by atoms with Crippen molar-refractivity contribution in [2.45, 2.75) is 12.0 Å². The number of carbonyl (C=O) groups is 1. The highest BCUT2D eigenvalue weighted by molar-refractivity contribution is 5.83. The van der Waals surface area contributed by atoms with Crippen LogP contribution in [0.4, 0.5) is 0 Å². The lowest BCUT2D eigenvalue weighted by Crippen LogP contribution is -2.48. The van der Waals surface area contributed by atoms with Crippen LogP contribution in [0.2, 0.25) is 0 Å². The molecule has 0 bridgehead atoms. The molecule has 16 heavy (non-hydrogen) atoms. The standard InChI is InChI=1S/C12H15NO3/c1-3-12(13,11(15)16-2)8-9-5-4-6-10(14)7-9/h3-7,14H,1,8,13H2,2H3. The lowest BCUT2D eigenvalue weighted by molar-refractivity contribution is -0.145. The fraction of sp³-hybridized carbons (Fsp3) is 0.250. The summed E-state index contributed by atoms with van der Waals surface area (Å²) < 4.78 is 4.61. The maximum atomic E-state index is 11.5. The normalized spacial score (nSPS) is 13.9. The molecular weight excluding hydrogens is 206 g/mol. The highest BCUT2D eigenvalue weighted by Crippen LogP contribution is 2.17. The van der Waals surface area contributed by atoms with Crippen molar-refractivity contribution in [1.82, 2.24) is 0 Å². The van der Waals surface area contributed by atoms with Gasteiger partial charge in [-0.05, 0) is 17.7 Å². The van der Waals surface area contributed by atoms with Gasteiger partial charge in [0.2, 0.25) is 0 Å². The molecule has 0 amide bonds. The number of phenolic OH excluding ortho intramolecular Hbond substituents is 1. The van der Waals surface area contributed by atoms with E-state index in [1.165, 1.54) is 13.2 Å². The molecule has 1 aromatic carbocycles. The second-order valence-corrected chi connectivity index (χ2v) is 3.58. The van der Waals surface area contributed by atoms with Gasteiger partial charge in [-0.15, -0.1) is 6.58 Å². The molecule has 1 atom stereocenters. The smallest absolute Gasteiger partial charge is 0.330 e. The van der Waals surface area contributed by atoms with Gasteiger partial charge in [-0.3, -0.25) is 0 Å². The average molecular weight is 221 g/mol. The number of hydrogen-bond donors (Lipinski definition) is 2. The van der Waals surface area contributed by atoms with Crippen molar-refractivity contribution >= 4 is 5.97 Å². The van der Waals surface area contributed by atoms with E-state index in [0.29, 0.717) is 0 Å². The Balaban J connectivity index is 2.93. The van der Waals surface area contributed by atoms with Gasteiger partial charge in [0.05, 0.1) is 7.11 Å². The van der Waals surface area contributed by atoms with Gasteiger partial charge in [0, 0.05) is 6.42 Å². The minimum absolute atomic E-state index is 0.133. The number of ether oxygens (including phenoxy) is 1. The van der Waals surface area contributed by atoms with Crippen LogP contribution < -0.4 is 5.73 Å². The number of nitrogens with two attached hydrogens (primary N) is 1. The summed E-state index contributed by atoms with van der Waals surface area (Å²) in [7, 11) is 1.27. The van der Waals surface area contributed by atoms with Gasteiger partial charge in [0.25, 0.3) is 0 Å². The van der Waals surface area contributed by atoms with Crippen LogP contribution in [0.3, 0.4) is 0 Å². The van der Waals surface area contributed by atoms with E-state index in [1.807, 2.05) is 0 Å². The van der Waals surface area contributed by atoms with Crippen LogP contribution in [-0.2, 0) is 16.0 Å². The van der Waals surface area contributed by atoms with Crippen LogP contribution >= 0.6 is 0 Å². The fourth-order valence-corrected chi connectivity index (χ4v) is 1.42. The first-order chi connectivity index (χ1) is 7.51. The van der Waals surface area contributed by atoms with Gasteiger partial charge < -0.3 is 15.6 Å². The van der Waals surface area contributed by atoms with Gasteiger partial charge in [0.15, 0.2) is 0 Å². The highest BCUT2D eigenvalue weighted by Gasteiger charge is 2.31. The van der Waals surface area contributed by atoms with E-state index in [2.05, 4.69) is 11.3 Å². The second kappa shape index (κ2) is 4.81. The van der Waals surface area contributed by atoms with Gasteiger partial charge in [-0.2, -0.15) is 0 Å². The number of methoxy groups -OCH3 is 1. The van der Waals surface area contributed by atoms with Crippen LogP contribution in [0, 0.1) is 0 Å². The molecule has 0 spiro atoms. The summed E-state index contributed by atoms with van der Waals surface area (Å²) in [6.07, 6.45) is 1.58. The van der Waals surface area contributed by atoms with Gasteiger partial charge in [0.1, 0.15) is 11.3 Å². The van der Waals surface area contributed by atoms with Crippen molar-refractivity contribution in [1.29, 1.82) is 0 Å². The highest BCUT2D eigenvalue weighted by atomic mass is 16.5. The minimum Gasteiger partial charge on any atom is -0.508 e. The second-order valence-electron chi connectivity index (χ2n) is 3.58. The summed E-state index contributed by atoms with van der Waals surface area (Å²) >= 11 is 0. The lowest BCUT2D eigenvalue weighted by atomic mass is 9.92. The molecule has 0 aromatic heterocycles. The van der Waals surface area contributed by atoms with Crippen LogP contribution in [-0.4, -0.2) is 23.7 Å². The summed E-state index contributed by atoms with van der Waals surface area (Å²) in [4.78, 5) is 11.5. The Hall–Kier alpha value is -1.81. The molecule has 0 saturated heterocycles. The summed E-state index contributed by atoms with van der Waals surface area (Å²) in [5, 5.41) is 9.30. The molecule has 0 saturated carbocycles. The van der Waals surface area contributed by atoms with Crippen molar-refractivity contribution < 1.29 is 14.6 Å². The quantitative estimate of drug-likeness (QED) is 0.587. The Kier molecular flexibility index (Phi) is 3.68. The number of phenols is 1. The van der Waals surface area contributed by atoms with E-state index in [9.17, 15) is 9.90 Å². The van der Waals surface area contributed by atoms with Crippen LogP contribution in [0.5, 0.6) is 5.75 Å². The monoisotopic (exact) mass is 221 g/mol. The molecular formula is C12H15NO3. The zero-order valence-electron chi connectivity index (χ0n) is 9.14. The Bertz CT molecular complexity index is 403. The first-order valence-corrected chi connectivity index (χ1v) is 4.80. The fourth-order valence-electron chi connectivity index (χ4n) is 1.42. The predicted molar refractivity (Wildman–Crippen MR) is 60.9 cm³/mol. The summed E-state index contributed by atoms with van der Waals surface area (Å²) in [5.41, 5.74) is 5.34. The molecule has 0 heterocycles. The zero-order chi connectivity index (χ0) is 12.2. The largest absolute Gasteiger partial charge is 0.508 e. The molecule has 4 nitrogen and oxygen atoms in total. The number of rotatable bonds is 4. The van der Waals surface area contributed by atoms with E-state index in [-0.39, 0.29) is 12.2 Å². The summed E-state index contributed by atoms with van der Waals surface area (Å²) in [6, 6.07) is 6.56. The maximum Gasteiger partial charge on any atom is 0.330 e. The van der Waals surface area contributed by atoms with E-state index in [1.54, 1.807) is 24.3 Å². The van der Waals surface area contributed by atoms with Crippen molar-refractivity contribution in [2.75, 3.05) is 7.11 Å². The van der Waals surface area contributed by atoms with Crippen molar-refractivity contribution in [3.8, 4) is 5.75 Å². The lowest BCUT2D eigenvalue weighted by Gasteiger charge is -2.22. The van der Waals surface area contributed by atoms with Crippen molar-refractivity contribution in [2.24, 2.45) is 5.73 Å². The number of esters is 1. The molecule has 1 unspecified atom stereocenters. The number of carbonyl (C=O) groups excluding carboxylic acids is 1. The number of benzene rings is 1. The predicted octanol–water partition coefficient (Wildman–Crippen LogP) is 0.991. The third kappa shape index (κ3) is 2.61. The number of hydrogen-bond acceptors (Lipinski definition) is 4. The third-order valence-electron chi connectivity index (χ3n) is 2.34. The molecule has 3 N–H and O–H groups in total. The molecule has 4 heteroatoms. The molecule has 0 aliphatic carbocycles. The first-order valence-electron chi connectivity index (χ1n) is 4.80. The summed E-state index contributed by atoms with van der Waals surface area (Å²) in [5.74, 6) is -0.417. The molecule has 0 aliphatic heterocycles. The maximum absolute atomic E-state index is 11.5. The summed E-state index contributed by atoms with van der Waals surface area (Å²) in [6.45, 7) is 3.53. The van der Waals surface area contributed by atoms with Crippen LogP contribution in [0.1, 0.15) is 5.56 Å². The van der Waals surface area contributed by atoms with Crippen LogP contribution in [0.15, 0.2) is 36.9 Å². The van der Waals surface area contributed by atoms with Gasteiger partial charge in [-0.25, -0.2) is 4.79 Å². The first kappa shape index (κ1) is 12.3. The van der Waals surface area contributed by atoms with Gasteiger partial charge >= 0.3 is 5.97 Å². The topological polar surface area (TPSA) is 72.5 Å².